The molecule has 32 heavy (non-hydrogen) atoms. The molecule has 0 bridgehead atoms. The van der Waals surface area contributed by atoms with Gasteiger partial charge in [-0.1, -0.05) is 60.3 Å². The third kappa shape index (κ3) is 6.40. The van der Waals surface area contributed by atoms with Crippen molar-refractivity contribution in [2.45, 2.75) is 38.4 Å². The Morgan fingerprint density at radius 1 is 0.938 bits per heavy atom. The summed E-state index contributed by atoms with van der Waals surface area (Å²) in [7, 11) is 0. The first-order valence-corrected chi connectivity index (χ1v) is 11.6. The molecular weight excluding hydrogens is 422 g/mol. The number of nitrogens with zero attached hydrogens (tertiary/aromatic N) is 3. The molecule has 1 amide bonds. The Labute approximate surface area is 193 Å². The number of carbonyl (C=O) groups excluding carboxylic acids is 2. The number of aromatic nitrogens is 2. The van der Waals surface area contributed by atoms with E-state index in [0.29, 0.717) is 13.0 Å². The number of thioether (sulfide) groups is 1. The number of aryl methyl sites for hydroxylation is 2. The van der Waals surface area contributed by atoms with E-state index in [2.05, 4.69) is 9.97 Å². The van der Waals surface area contributed by atoms with E-state index >= 15 is 0 Å². The van der Waals surface area contributed by atoms with Crippen LogP contribution in [-0.2, 0) is 27.3 Å². The number of benzene rings is 2. The summed E-state index contributed by atoms with van der Waals surface area (Å²) in [4.78, 5) is 35.8. The second kappa shape index (κ2) is 11.4. The fourth-order valence-electron chi connectivity index (χ4n) is 3.38. The predicted molar refractivity (Wildman–Crippen MR) is 127 cm³/mol. The van der Waals surface area contributed by atoms with E-state index in [1.54, 1.807) is 4.90 Å². The average Bonchev–Trinajstić information content (AvgIpc) is 2.81. The first kappa shape index (κ1) is 23.5. The number of amides is 1. The van der Waals surface area contributed by atoms with Crippen molar-refractivity contribution in [1.29, 1.82) is 0 Å². The molecule has 3 aromatic rings. The Morgan fingerprint density at radius 2 is 1.53 bits per heavy atom. The minimum atomic E-state index is -0.418. The number of ether oxygens (including phenoxy) is 1. The standard InChI is InChI=1S/C25H27N3O3S/c1-18-22(19(2)27-25(26-18)32-3)14-15-24(30)31-17-23(29)28(21-12-8-5-9-13-21)16-20-10-6-4-7-11-20/h4-13H,14-17H2,1-3H3. The van der Waals surface area contributed by atoms with Gasteiger partial charge in [0.05, 0.1) is 6.54 Å². The second-order valence-electron chi connectivity index (χ2n) is 7.32. The van der Waals surface area contributed by atoms with Gasteiger partial charge in [-0.05, 0) is 49.8 Å². The largest absolute Gasteiger partial charge is 0.456 e. The summed E-state index contributed by atoms with van der Waals surface area (Å²) >= 11 is 1.49. The van der Waals surface area contributed by atoms with Gasteiger partial charge in [-0.3, -0.25) is 9.59 Å². The molecule has 0 N–H and O–H groups in total. The van der Waals surface area contributed by atoms with Crippen LogP contribution in [0.1, 0.15) is 28.9 Å². The quantitative estimate of drug-likeness (QED) is 0.272. The second-order valence-corrected chi connectivity index (χ2v) is 8.09. The number of anilines is 1. The molecule has 7 heteroatoms. The highest BCUT2D eigenvalue weighted by molar-refractivity contribution is 7.98. The molecule has 0 unspecified atom stereocenters. The van der Waals surface area contributed by atoms with Crippen LogP contribution in [-0.4, -0.2) is 34.7 Å². The molecule has 0 aliphatic heterocycles. The molecule has 1 heterocycles. The van der Waals surface area contributed by atoms with Crippen molar-refractivity contribution in [3.05, 3.63) is 83.2 Å². The SMILES string of the molecule is CSc1nc(C)c(CCC(=O)OCC(=O)N(Cc2ccccc2)c2ccccc2)c(C)n1. The van der Waals surface area contributed by atoms with Crippen LogP contribution in [0.4, 0.5) is 5.69 Å². The van der Waals surface area contributed by atoms with Crippen LogP contribution in [0, 0.1) is 13.8 Å². The zero-order valence-electron chi connectivity index (χ0n) is 18.6. The zero-order chi connectivity index (χ0) is 22.9. The normalized spacial score (nSPS) is 10.6. The molecule has 2 aromatic carbocycles. The Bertz CT molecular complexity index is 1040. The van der Waals surface area contributed by atoms with E-state index in [0.717, 1.165) is 33.4 Å². The fraction of sp³-hybridized carbons (Fsp3) is 0.280. The smallest absolute Gasteiger partial charge is 0.306 e. The highest BCUT2D eigenvalue weighted by Gasteiger charge is 2.19. The summed E-state index contributed by atoms with van der Waals surface area (Å²) in [6.07, 6.45) is 2.57. The Kier molecular flexibility index (Phi) is 8.39. The highest BCUT2D eigenvalue weighted by atomic mass is 32.2. The molecule has 0 spiro atoms. The fourth-order valence-corrected chi connectivity index (χ4v) is 3.83. The van der Waals surface area contributed by atoms with Crippen molar-refractivity contribution in [2.75, 3.05) is 17.8 Å². The zero-order valence-corrected chi connectivity index (χ0v) is 19.4. The first-order valence-electron chi connectivity index (χ1n) is 10.4. The molecule has 0 aliphatic carbocycles. The van der Waals surface area contributed by atoms with Gasteiger partial charge in [0.1, 0.15) is 0 Å². The number of hydrogen-bond donors (Lipinski definition) is 0. The van der Waals surface area contributed by atoms with Gasteiger partial charge in [0.25, 0.3) is 5.91 Å². The molecular formula is C25H27N3O3S. The average molecular weight is 450 g/mol. The molecule has 0 saturated carbocycles. The maximum Gasteiger partial charge on any atom is 0.306 e. The lowest BCUT2D eigenvalue weighted by atomic mass is 10.1. The van der Waals surface area contributed by atoms with Gasteiger partial charge >= 0.3 is 5.97 Å². The molecule has 1 aromatic heterocycles. The Balaban J connectivity index is 1.60. The van der Waals surface area contributed by atoms with E-state index in [1.807, 2.05) is 80.8 Å². The summed E-state index contributed by atoms with van der Waals surface area (Å²) in [6.45, 7) is 3.93. The molecule has 0 aliphatic rings. The van der Waals surface area contributed by atoms with Gasteiger partial charge in [0, 0.05) is 23.5 Å². The van der Waals surface area contributed by atoms with E-state index in [4.69, 9.17) is 4.74 Å². The van der Waals surface area contributed by atoms with Gasteiger partial charge in [0.2, 0.25) is 0 Å². The van der Waals surface area contributed by atoms with Gasteiger partial charge in [-0.25, -0.2) is 9.97 Å². The van der Waals surface area contributed by atoms with Crippen LogP contribution >= 0.6 is 11.8 Å². The molecule has 0 saturated heterocycles. The van der Waals surface area contributed by atoms with Crippen LogP contribution in [0.5, 0.6) is 0 Å². The lowest BCUT2D eigenvalue weighted by molar-refractivity contribution is -0.147. The van der Waals surface area contributed by atoms with Crippen molar-refractivity contribution >= 4 is 29.3 Å². The van der Waals surface area contributed by atoms with Gasteiger partial charge in [0.15, 0.2) is 11.8 Å². The van der Waals surface area contributed by atoms with Gasteiger partial charge in [-0.15, -0.1) is 0 Å². The third-order valence-corrected chi connectivity index (χ3v) is 5.62. The van der Waals surface area contributed by atoms with Crippen molar-refractivity contribution in [1.82, 2.24) is 9.97 Å². The predicted octanol–water partition coefficient (Wildman–Crippen LogP) is 4.52. The lowest BCUT2D eigenvalue weighted by Crippen LogP contribution is -2.34. The molecule has 3 rings (SSSR count). The van der Waals surface area contributed by atoms with Crippen LogP contribution < -0.4 is 4.90 Å². The topological polar surface area (TPSA) is 72.4 Å². The Morgan fingerprint density at radius 3 is 2.12 bits per heavy atom. The molecule has 0 radical (unpaired) electrons. The molecule has 166 valence electrons. The molecule has 0 fully saturated rings. The minimum Gasteiger partial charge on any atom is -0.456 e. The maximum atomic E-state index is 12.9. The van der Waals surface area contributed by atoms with Crippen LogP contribution in [0.25, 0.3) is 0 Å². The van der Waals surface area contributed by atoms with Crippen molar-refractivity contribution < 1.29 is 14.3 Å². The molecule has 0 atom stereocenters. The summed E-state index contributed by atoms with van der Waals surface area (Å²) in [5.41, 5.74) is 4.43. The van der Waals surface area contributed by atoms with Crippen molar-refractivity contribution in [3.63, 3.8) is 0 Å². The summed E-state index contributed by atoms with van der Waals surface area (Å²) in [5.74, 6) is -0.688. The molecule has 6 nitrogen and oxygen atoms in total. The number of carbonyl (C=O) groups is 2. The third-order valence-electron chi connectivity index (χ3n) is 5.07. The minimum absolute atomic E-state index is 0.168. The van der Waals surface area contributed by atoms with Crippen molar-refractivity contribution in [2.24, 2.45) is 0 Å². The van der Waals surface area contributed by atoms with E-state index in [1.165, 1.54) is 11.8 Å². The van der Waals surface area contributed by atoms with Gasteiger partial charge < -0.3 is 9.64 Å². The van der Waals surface area contributed by atoms with Crippen LogP contribution in [0.2, 0.25) is 0 Å². The van der Waals surface area contributed by atoms with E-state index < -0.39 is 5.97 Å². The number of para-hydroxylation sites is 1. The summed E-state index contributed by atoms with van der Waals surface area (Å²) < 4.78 is 5.32. The number of esters is 1. The first-order chi connectivity index (χ1) is 15.5. The highest BCUT2D eigenvalue weighted by Crippen LogP contribution is 2.19. The Hall–Kier alpha value is -3.19. The lowest BCUT2D eigenvalue weighted by Gasteiger charge is -2.23. The van der Waals surface area contributed by atoms with E-state index in [9.17, 15) is 9.59 Å². The van der Waals surface area contributed by atoms with E-state index in [-0.39, 0.29) is 18.9 Å². The number of hydrogen-bond acceptors (Lipinski definition) is 6. The van der Waals surface area contributed by atoms with Crippen LogP contribution in [0.15, 0.2) is 65.8 Å². The summed E-state index contributed by atoms with van der Waals surface area (Å²) in [5, 5.41) is 0.719. The van der Waals surface area contributed by atoms with Crippen molar-refractivity contribution in [3.8, 4) is 0 Å². The van der Waals surface area contributed by atoms with Crippen LogP contribution in [0.3, 0.4) is 0 Å². The summed E-state index contributed by atoms with van der Waals surface area (Å²) in [6, 6.07) is 19.1. The monoisotopic (exact) mass is 449 g/mol. The van der Waals surface area contributed by atoms with Gasteiger partial charge in [-0.2, -0.15) is 0 Å². The number of rotatable bonds is 9. The maximum absolute atomic E-state index is 12.9.